The summed E-state index contributed by atoms with van der Waals surface area (Å²) >= 11 is 0. The number of guanidine groups is 1. The van der Waals surface area contributed by atoms with Gasteiger partial charge in [-0.2, -0.15) is 0 Å². The molecule has 0 aromatic carbocycles. The molecular formula is C16H31N3. The molecule has 0 saturated carbocycles. The smallest absolute Gasteiger partial charge is 0.196 e. The summed E-state index contributed by atoms with van der Waals surface area (Å²) in [5.41, 5.74) is 0. The van der Waals surface area contributed by atoms with Gasteiger partial charge in [0.15, 0.2) is 5.96 Å². The first-order chi connectivity index (χ1) is 9.06. The Morgan fingerprint density at radius 1 is 0.842 bits per heavy atom. The van der Waals surface area contributed by atoms with Crippen molar-refractivity contribution in [3.8, 4) is 0 Å². The van der Waals surface area contributed by atoms with E-state index in [1.165, 1.54) is 57.8 Å². The van der Waals surface area contributed by atoms with Gasteiger partial charge in [-0.05, 0) is 51.4 Å². The molecule has 3 nitrogen and oxygen atoms in total. The van der Waals surface area contributed by atoms with Crippen molar-refractivity contribution in [2.24, 2.45) is 16.8 Å². The zero-order valence-electron chi connectivity index (χ0n) is 13.2. The molecule has 110 valence electrons. The van der Waals surface area contributed by atoms with Gasteiger partial charge in [-0.1, -0.05) is 13.8 Å². The van der Waals surface area contributed by atoms with Crippen LogP contribution >= 0.6 is 0 Å². The fourth-order valence-electron chi connectivity index (χ4n) is 3.01. The average molecular weight is 265 g/mol. The van der Waals surface area contributed by atoms with Crippen molar-refractivity contribution in [1.29, 1.82) is 0 Å². The van der Waals surface area contributed by atoms with E-state index in [-0.39, 0.29) is 0 Å². The Kier molecular flexibility index (Phi) is 5.12. The quantitative estimate of drug-likeness (QED) is 0.535. The molecule has 3 heteroatoms. The molecule has 2 saturated heterocycles. The van der Waals surface area contributed by atoms with Crippen molar-refractivity contribution in [2.45, 2.75) is 59.4 Å². The molecule has 0 spiro atoms. The predicted molar refractivity (Wildman–Crippen MR) is 82.5 cm³/mol. The topological polar surface area (TPSA) is 18.8 Å². The molecule has 0 unspecified atom stereocenters. The van der Waals surface area contributed by atoms with E-state index in [1.54, 1.807) is 0 Å². The van der Waals surface area contributed by atoms with Crippen LogP contribution in [0, 0.1) is 11.8 Å². The first-order valence-electron chi connectivity index (χ1n) is 8.14. The SMILES string of the molecule is CC1CCN(C(=NC(C)C)N2CCC(C)CC2)CC1. The van der Waals surface area contributed by atoms with Crippen molar-refractivity contribution < 1.29 is 0 Å². The second kappa shape index (κ2) is 6.62. The largest absolute Gasteiger partial charge is 0.343 e. The van der Waals surface area contributed by atoms with Gasteiger partial charge in [0.25, 0.3) is 0 Å². The third kappa shape index (κ3) is 4.12. The number of aliphatic imine (C=N–C) groups is 1. The number of rotatable bonds is 1. The second-order valence-corrected chi connectivity index (χ2v) is 6.86. The highest BCUT2D eigenvalue weighted by molar-refractivity contribution is 5.80. The second-order valence-electron chi connectivity index (χ2n) is 6.86. The summed E-state index contributed by atoms with van der Waals surface area (Å²) in [5.74, 6) is 3.06. The van der Waals surface area contributed by atoms with Crippen molar-refractivity contribution in [2.75, 3.05) is 26.2 Å². The standard InChI is InChI=1S/C16H31N3/c1-13(2)17-16(18-9-5-14(3)6-10-18)19-11-7-15(4)8-12-19/h13-15H,5-12H2,1-4H3. The lowest BCUT2D eigenvalue weighted by molar-refractivity contribution is 0.212. The lowest BCUT2D eigenvalue weighted by Gasteiger charge is -2.41. The normalized spacial score (nSPS) is 23.0. The Bertz CT molecular complexity index is 271. The van der Waals surface area contributed by atoms with E-state index in [9.17, 15) is 0 Å². The number of hydrogen-bond acceptors (Lipinski definition) is 1. The Morgan fingerprint density at radius 2 is 1.21 bits per heavy atom. The third-order valence-corrected chi connectivity index (χ3v) is 4.51. The van der Waals surface area contributed by atoms with Gasteiger partial charge < -0.3 is 9.80 Å². The molecule has 0 amide bonds. The van der Waals surface area contributed by atoms with Gasteiger partial charge in [0.1, 0.15) is 0 Å². The molecule has 2 heterocycles. The van der Waals surface area contributed by atoms with Crippen LogP contribution in [0.3, 0.4) is 0 Å². The van der Waals surface area contributed by atoms with E-state index in [0.717, 1.165) is 11.8 Å². The van der Waals surface area contributed by atoms with E-state index in [0.29, 0.717) is 6.04 Å². The van der Waals surface area contributed by atoms with Gasteiger partial charge in [-0.15, -0.1) is 0 Å². The molecule has 0 radical (unpaired) electrons. The summed E-state index contributed by atoms with van der Waals surface area (Å²) < 4.78 is 0. The molecule has 0 aliphatic carbocycles. The van der Waals surface area contributed by atoms with Crippen LogP contribution in [0.25, 0.3) is 0 Å². The maximum Gasteiger partial charge on any atom is 0.196 e. The Labute approximate surface area is 119 Å². The third-order valence-electron chi connectivity index (χ3n) is 4.51. The van der Waals surface area contributed by atoms with Crippen LogP contribution in [0.5, 0.6) is 0 Å². The molecule has 2 rings (SSSR count). The van der Waals surface area contributed by atoms with Crippen molar-refractivity contribution in [3.63, 3.8) is 0 Å². The molecule has 0 N–H and O–H groups in total. The van der Waals surface area contributed by atoms with Crippen LogP contribution in [0.15, 0.2) is 4.99 Å². The first-order valence-corrected chi connectivity index (χ1v) is 8.14. The Balaban J connectivity index is 2.03. The molecule has 2 fully saturated rings. The van der Waals surface area contributed by atoms with E-state index in [1.807, 2.05) is 0 Å². The number of likely N-dealkylation sites (tertiary alicyclic amines) is 2. The number of hydrogen-bond donors (Lipinski definition) is 0. The van der Waals surface area contributed by atoms with Crippen molar-refractivity contribution >= 4 is 5.96 Å². The minimum atomic E-state index is 0.397. The fourth-order valence-corrected chi connectivity index (χ4v) is 3.01. The summed E-state index contributed by atoms with van der Waals surface area (Å²) in [6.45, 7) is 13.9. The van der Waals surface area contributed by atoms with Gasteiger partial charge in [-0.25, -0.2) is 0 Å². The summed E-state index contributed by atoms with van der Waals surface area (Å²) in [6, 6.07) is 0.397. The van der Waals surface area contributed by atoms with Crippen LogP contribution in [0.1, 0.15) is 53.4 Å². The van der Waals surface area contributed by atoms with E-state index in [2.05, 4.69) is 37.5 Å². The van der Waals surface area contributed by atoms with Crippen LogP contribution in [0.2, 0.25) is 0 Å². The zero-order valence-corrected chi connectivity index (χ0v) is 13.2. The Hall–Kier alpha value is -0.730. The fraction of sp³-hybridized carbons (Fsp3) is 0.938. The highest BCUT2D eigenvalue weighted by Gasteiger charge is 2.25. The lowest BCUT2D eigenvalue weighted by Crippen LogP contribution is -2.50. The average Bonchev–Trinajstić information content (AvgIpc) is 2.38. The monoisotopic (exact) mass is 265 g/mol. The van der Waals surface area contributed by atoms with E-state index in [4.69, 9.17) is 4.99 Å². The Morgan fingerprint density at radius 3 is 1.53 bits per heavy atom. The molecule has 0 aromatic heterocycles. The van der Waals surface area contributed by atoms with Gasteiger partial charge >= 0.3 is 0 Å². The number of piperidine rings is 2. The molecule has 0 bridgehead atoms. The minimum Gasteiger partial charge on any atom is -0.343 e. The molecule has 0 atom stereocenters. The van der Waals surface area contributed by atoms with Gasteiger partial charge in [-0.3, -0.25) is 4.99 Å². The maximum absolute atomic E-state index is 4.94. The van der Waals surface area contributed by atoms with Gasteiger partial charge in [0, 0.05) is 32.2 Å². The zero-order chi connectivity index (χ0) is 13.8. The highest BCUT2D eigenvalue weighted by Crippen LogP contribution is 2.21. The molecule has 2 aliphatic heterocycles. The molecule has 0 aromatic rings. The predicted octanol–water partition coefficient (Wildman–Crippen LogP) is 3.21. The number of nitrogens with zero attached hydrogens (tertiary/aromatic N) is 3. The van der Waals surface area contributed by atoms with Gasteiger partial charge in [0.05, 0.1) is 0 Å². The van der Waals surface area contributed by atoms with Crippen LogP contribution in [0.4, 0.5) is 0 Å². The molecule has 19 heavy (non-hydrogen) atoms. The van der Waals surface area contributed by atoms with E-state index < -0.39 is 0 Å². The van der Waals surface area contributed by atoms with Crippen LogP contribution in [-0.2, 0) is 0 Å². The van der Waals surface area contributed by atoms with Gasteiger partial charge in [0.2, 0.25) is 0 Å². The molecule has 2 aliphatic rings. The summed E-state index contributed by atoms with van der Waals surface area (Å²) in [6.07, 6.45) is 5.28. The maximum atomic E-state index is 4.94. The minimum absolute atomic E-state index is 0.397. The summed E-state index contributed by atoms with van der Waals surface area (Å²) in [5, 5.41) is 0. The van der Waals surface area contributed by atoms with E-state index >= 15 is 0 Å². The summed E-state index contributed by atoms with van der Waals surface area (Å²) in [4.78, 5) is 10.0. The van der Waals surface area contributed by atoms with Crippen molar-refractivity contribution in [1.82, 2.24) is 9.80 Å². The lowest BCUT2D eigenvalue weighted by atomic mass is 9.98. The van der Waals surface area contributed by atoms with Crippen molar-refractivity contribution in [3.05, 3.63) is 0 Å². The summed E-state index contributed by atoms with van der Waals surface area (Å²) in [7, 11) is 0. The molecular weight excluding hydrogens is 234 g/mol. The highest BCUT2D eigenvalue weighted by atomic mass is 15.4. The first kappa shape index (κ1) is 14.7. The van der Waals surface area contributed by atoms with Crippen LogP contribution in [-0.4, -0.2) is 48.0 Å². The van der Waals surface area contributed by atoms with Crippen LogP contribution < -0.4 is 0 Å².